The molecule has 0 spiro atoms. The molecule has 8 nitrogen and oxygen atoms in total. The highest BCUT2D eigenvalue weighted by atomic mass is 19.4. The number of halogens is 3. The van der Waals surface area contributed by atoms with Gasteiger partial charge in [0.15, 0.2) is 12.3 Å². The third kappa shape index (κ3) is 4.62. The van der Waals surface area contributed by atoms with Crippen LogP contribution in [0.25, 0.3) is 11.3 Å². The summed E-state index contributed by atoms with van der Waals surface area (Å²) >= 11 is 0. The zero-order chi connectivity index (χ0) is 22.9. The van der Waals surface area contributed by atoms with Gasteiger partial charge in [-0.1, -0.05) is 0 Å². The average Bonchev–Trinajstić information content (AvgIpc) is 2.77. The number of ether oxygens (including phenoxy) is 1. The van der Waals surface area contributed by atoms with Crippen LogP contribution in [0.3, 0.4) is 0 Å². The van der Waals surface area contributed by atoms with Crippen LogP contribution in [0, 0.1) is 6.92 Å². The Morgan fingerprint density at radius 2 is 1.97 bits per heavy atom. The lowest BCUT2D eigenvalue weighted by atomic mass is 10.0. The van der Waals surface area contributed by atoms with Gasteiger partial charge in [-0.25, -0.2) is 15.0 Å². The van der Waals surface area contributed by atoms with E-state index in [0.717, 1.165) is 19.5 Å². The summed E-state index contributed by atoms with van der Waals surface area (Å²) in [5, 5.41) is 3.17. The number of carbonyl (C=O) groups is 1. The van der Waals surface area contributed by atoms with Crippen LogP contribution in [0.1, 0.15) is 24.6 Å². The molecule has 1 amide bonds. The number of pyridine rings is 1. The number of hydrogen-bond acceptors (Lipinski definition) is 7. The quantitative estimate of drug-likeness (QED) is 0.748. The number of carbonyl (C=O) groups excluding carboxylic acids is 1. The van der Waals surface area contributed by atoms with Crippen LogP contribution in [0.5, 0.6) is 5.88 Å². The molecule has 32 heavy (non-hydrogen) atoms. The summed E-state index contributed by atoms with van der Waals surface area (Å²) in [5.41, 5.74) is -0.402. The molecule has 172 valence electrons. The Labute approximate surface area is 183 Å². The molecule has 0 aromatic carbocycles. The van der Waals surface area contributed by atoms with Crippen LogP contribution >= 0.6 is 0 Å². The molecule has 2 aromatic rings. The van der Waals surface area contributed by atoms with Crippen molar-refractivity contribution in [2.75, 3.05) is 44.2 Å². The van der Waals surface area contributed by atoms with Crippen LogP contribution < -0.4 is 15.0 Å². The van der Waals surface area contributed by atoms with Crippen LogP contribution in [0.15, 0.2) is 18.3 Å². The third-order valence-electron chi connectivity index (χ3n) is 5.80. The van der Waals surface area contributed by atoms with E-state index in [1.165, 1.54) is 19.2 Å². The topological polar surface area (TPSA) is 83.5 Å². The first-order chi connectivity index (χ1) is 15.2. The second-order valence-electron chi connectivity index (χ2n) is 7.98. The Bertz CT molecular complexity index is 977. The van der Waals surface area contributed by atoms with E-state index in [2.05, 4.69) is 20.3 Å². The van der Waals surface area contributed by atoms with E-state index < -0.39 is 11.9 Å². The number of piperazine rings is 1. The summed E-state index contributed by atoms with van der Waals surface area (Å²) in [6.45, 7) is 6.50. The SMILES string of the molecule is Cc1c(-c2ccc(OCC(=O)N3CCNCC3)nc2)nc(N2CC[C@@H]2C)nc1C(F)(F)F. The predicted molar refractivity (Wildman–Crippen MR) is 111 cm³/mol. The van der Waals surface area contributed by atoms with Gasteiger partial charge in [-0.15, -0.1) is 0 Å². The number of rotatable bonds is 5. The van der Waals surface area contributed by atoms with Gasteiger partial charge in [0.2, 0.25) is 11.8 Å². The Hall–Kier alpha value is -2.95. The van der Waals surface area contributed by atoms with Crippen molar-refractivity contribution in [3.05, 3.63) is 29.6 Å². The van der Waals surface area contributed by atoms with Crippen molar-refractivity contribution < 1.29 is 22.7 Å². The van der Waals surface area contributed by atoms with E-state index in [0.29, 0.717) is 25.2 Å². The van der Waals surface area contributed by atoms with Crippen LogP contribution in [-0.4, -0.2) is 71.1 Å². The van der Waals surface area contributed by atoms with Crippen molar-refractivity contribution in [1.29, 1.82) is 0 Å². The van der Waals surface area contributed by atoms with Gasteiger partial charge in [0.05, 0.1) is 5.69 Å². The maximum Gasteiger partial charge on any atom is 0.433 e. The van der Waals surface area contributed by atoms with Gasteiger partial charge in [0.25, 0.3) is 5.91 Å². The first-order valence-corrected chi connectivity index (χ1v) is 10.5. The van der Waals surface area contributed by atoms with Crippen molar-refractivity contribution in [2.24, 2.45) is 0 Å². The smallest absolute Gasteiger partial charge is 0.433 e. The zero-order valence-electron chi connectivity index (χ0n) is 17.9. The summed E-state index contributed by atoms with van der Waals surface area (Å²) in [5.74, 6) is 0.155. The number of nitrogens with one attached hydrogen (secondary N) is 1. The molecule has 0 unspecified atom stereocenters. The number of amides is 1. The summed E-state index contributed by atoms with van der Waals surface area (Å²) in [7, 11) is 0. The molecular formula is C21H25F3N6O2. The molecule has 1 atom stereocenters. The van der Waals surface area contributed by atoms with Crippen molar-refractivity contribution >= 4 is 11.9 Å². The Kier molecular flexibility index (Phi) is 6.18. The molecule has 2 aliphatic heterocycles. The molecular weight excluding hydrogens is 425 g/mol. The molecule has 1 N–H and O–H groups in total. The molecule has 0 bridgehead atoms. The molecule has 4 heterocycles. The number of aromatic nitrogens is 3. The van der Waals surface area contributed by atoms with Crippen molar-refractivity contribution in [1.82, 2.24) is 25.2 Å². The number of anilines is 1. The lowest BCUT2D eigenvalue weighted by Crippen LogP contribution is -2.47. The van der Waals surface area contributed by atoms with Crippen LogP contribution in [0.2, 0.25) is 0 Å². The minimum Gasteiger partial charge on any atom is -0.468 e. The van der Waals surface area contributed by atoms with Crippen molar-refractivity contribution in [2.45, 2.75) is 32.5 Å². The average molecular weight is 450 g/mol. The normalized spacial score (nSPS) is 19.0. The van der Waals surface area contributed by atoms with Gasteiger partial charge in [0.1, 0.15) is 0 Å². The fourth-order valence-electron chi connectivity index (χ4n) is 3.75. The highest BCUT2D eigenvalue weighted by Crippen LogP contribution is 2.37. The van der Waals surface area contributed by atoms with E-state index in [9.17, 15) is 18.0 Å². The fourth-order valence-corrected chi connectivity index (χ4v) is 3.75. The van der Waals surface area contributed by atoms with Crippen LogP contribution in [0.4, 0.5) is 19.1 Å². The van der Waals surface area contributed by atoms with Gasteiger partial charge in [-0.2, -0.15) is 13.2 Å². The Balaban J connectivity index is 1.54. The minimum absolute atomic E-state index is 0.0567. The maximum atomic E-state index is 13.6. The van der Waals surface area contributed by atoms with Crippen LogP contribution in [-0.2, 0) is 11.0 Å². The molecule has 2 aliphatic rings. The molecule has 2 saturated heterocycles. The van der Waals surface area contributed by atoms with Crippen molar-refractivity contribution in [3.8, 4) is 17.1 Å². The van der Waals surface area contributed by atoms with E-state index in [-0.39, 0.29) is 41.6 Å². The zero-order valence-corrected chi connectivity index (χ0v) is 17.9. The Morgan fingerprint density at radius 3 is 2.53 bits per heavy atom. The fraction of sp³-hybridized carbons (Fsp3) is 0.524. The minimum atomic E-state index is -4.59. The van der Waals surface area contributed by atoms with E-state index in [4.69, 9.17) is 4.74 Å². The van der Waals surface area contributed by atoms with Gasteiger partial charge in [-0.05, 0) is 26.3 Å². The molecule has 2 aromatic heterocycles. The predicted octanol–water partition coefficient (Wildman–Crippen LogP) is 2.28. The molecule has 0 saturated carbocycles. The summed E-state index contributed by atoms with van der Waals surface area (Å²) in [4.78, 5) is 28.1. The number of nitrogens with zero attached hydrogens (tertiary/aromatic N) is 5. The molecule has 11 heteroatoms. The monoisotopic (exact) mass is 450 g/mol. The Morgan fingerprint density at radius 1 is 1.22 bits per heavy atom. The highest BCUT2D eigenvalue weighted by molar-refractivity contribution is 5.77. The van der Waals surface area contributed by atoms with Gasteiger partial charge >= 0.3 is 6.18 Å². The lowest BCUT2D eigenvalue weighted by Gasteiger charge is -2.39. The largest absolute Gasteiger partial charge is 0.468 e. The van der Waals surface area contributed by atoms with E-state index >= 15 is 0 Å². The summed E-state index contributed by atoms with van der Waals surface area (Å²) < 4.78 is 46.3. The van der Waals surface area contributed by atoms with Crippen molar-refractivity contribution in [3.63, 3.8) is 0 Å². The van der Waals surface area contributed by atoms with Gasteiger partial charge < -0.3 is 19.9 Å². The van der Waals surface area contributed by atoms with E-state index in [1.807, 2.05) is 6.92 Å². The highest BCUT2D eigenvalue weighted by Gasteiger charge is 2.38. The summed E-state index contributed by atoms with van der Waals surface area (Å²) in [6.07, 6.45) is -2.30. The lowest BCUT2D eigenvalue weighted by molar-refractivity contribution is -0.141. The van der Waals surface area contributed by atoms with E-state index in [1.54, 1.807) is 15.9 Å². The van der Waals surface area contributed by atoms with Gasteiger partial charge in [0, 0.05) is 62.2 Å². The summed E-state index contributed by atoms with van der Waals surface area (Å²) in [6, 6.07) is 3.21. The second-order valence-corrected chi connectivity index (χ2v) is 7.98. The standard InChI is InChI=1S/C21H25F3N6O2/c1-13-5-8-30(13)20-27-18(14(2)19(28-20)21(22,23)24)15-3-4-16(26-11-15)32-12-17(31)29-9-6-25-7-10-29/h3-4,11,13,25H,5-10,12H2,1-2H3/t13-/m0/s1. The second kappa shape index (κ2) is 8.89. The number of alkyl halides is 3. The number of hydrogen-bond donors (Lipinski definition) is 1. The van der Waals surface area contributed by atoms with Gasteiger partial charge in [-0.3, -0.25) is 4.79 Å². The third-order valence-corrected chi connectivity index (χ3v) is 5.80. The molecule has 4 rings (SSSR count). The molecule has 0 radical (unpaired) electrons. The molecule has 2 fully saturated rings. The maximum absolute atomic E-state index is 13.6. The first-order valence-electron chi connectivity index (χ1n) is 10.5. The molecule has 0 aliphatic carbocycles. The first kappa shape index (κ1) is 22.3.